The lowest BCUT2D eigenvalue weighted by Crippen LogP contribution is -2.44. The average molecular weight is 276 g/mol. The Hall–Kier alpha value is -1.68. The summed E-state index contributed by atoms with van der Waals surface area (Å²) in [5.74, 6) is -0.369. The van der Waals surface area contributed by atoms with Gasteiger partial charge in [0.25, 0.3) is 0 Å². The quantitative estimate of drug-likeness (QED) is 0.740. The van der Waals surface area contributed by atoms with Gasteiger partial charge in [-0.3, -0.25) is 14.5 Å². The average Bonchev–Trinajstić information content (AvgIpc) is 2.42. The van der Waals surface area contributed by atoms with Crippen LogP contribution in [0.15, 0.2) is 24.3 Å². The second-order valence-electron chi connectivity index (χ2n) is 5.20. The molecule has 0 spiro atoms. The molecule has 0 aliphatic rings. The molecule has 0 fully saturated rings. The van der Waals surface area contributed by atoms with Crippen LogP contribution in [0.4, 0.5) is 0 Å². The number of carbonyl (C=O) groups excluding carboxylic acids is 2. The van der Waals surface area contributed by atoms with Crippen LogP contribution in [0.3, 0.4) is 0 Å². The molecule has 1 rings (SSSR count). The van der Waals surface area contributed by atoms with Gasteiger partial charge in [0.1, 0.15) is 0 Å². The lowest BCUT2D eigenvalue weighted by Gasteiger charge is -2.26. The minimum Gasteiger partial charge on any atom is -0.369 e. The molecule has 1 amide bonds. The first kappa shape index (κ1) is 16.4. The highest BCUT2D eigenvalue weighted by Gasteiger charge is 2.23. The van der Waals surface area contributed by atoms with Gasteiger partial charge in [-0.25, -0.2) is 0 Å². The maximum Gasteiger partial charge on any atom is 0.231 e. The molecule has 110 valence electrons. The van der Waals surface area contributed by atoms with Gasteiger partial charge in [0.15, 0.2) is 5.78 Å². The number of carbonyl (C=O) groups is 2. The minimum absolute atomic E-state index is 0.0300. The Balaban J connectivity index is 2.81. The van der Waals surface area contributed by atoms with Gasteiger partial charge < -0.3 is 5.73 Å². The molecule has 2 N–H and O–H groups in total. The van der Waals surface area contributed by atoms with E-state index in [1.54, 1.807) is 0 Å². The van der Waals surface area contributed by atoms with Gasteiger partial charge in [0, 0.05) is 5.56 Å². The summed E-state index contributed by atoms with van der Waals surface area (Å²) in [5.41, 5.74) is 7.06. The molecule has 0 aliphatic heterocycles. The number of hydrogen-bond acceptors (Lipinski definition) is 3. The number of unbranched alkanes of at least 4 members (excludes halogenated alkanes) is 1. The number of nitrogens with two attached hydrogens (primary N) is 1. The molecule has 1 aromatic carbocycles. The van der Waals surface area contributed by atoms with E-state index in [2.05, 4.69) is 6.92 Å². The molecule has 0 saturated heterocycles. The van der Waals surface area contributed by atoms with Crippen LogP contribution in [0.25, 0.3) is 0 Å². The van der Waals surface area contributed by atoms with E-state index < -0.39 is 5.91 Å². The first-order valence-electron chi connectivity index (χ1n) is 7.09. The van der Waals surface area contributed by atoms with Crippen LogP contribution in [-0.4, -0.2) is 35.7 Å². The molecule has 1 unspecified atom stereocenters. The van der Waals surface area contributed by atoms with E-state index >= 15 is 0 Å². The summed E-state index contributed by atoms with van der Waals surface area (Å²) in [5, 5.41) is 0. The molecule has 4 heteroatoms. The van der Waals surface area contributed by atoms with E-state index in [-0.39, 0.29) is 18.4 Å². The third kappa shape index (κ3) is 4.78. The number of aryl methyl sites for hydroxylation is 1. The maximum atomic E-state index is 12.4. The molecule has 0 radical (unpaired) electrons. The van der Waals surface area contributed by atoms with E-state index in [1.807, 2.05) is 43.0 Å². The number of benzene rings is 1. The Bertz CT molecular complexity index is 454. The second-order valence-corrected chi connectivity index (χ2v) is 5.20. The third-order valence-corrected chi connectivity index (χ3v) is 3.42. The number of Topliss-reactive ketones (excluding diaryl/α,β-unsaturated/α-hetero) is 1. The molecule has 1 aromatic rings. The molecule has 1 atom stereocenters. The first-order valence-corrected chi connectivity index (χ1v) is 7.09. The normalized spacial score (nSPS) is 12.4. The molecule has 0 saturated carbocycles. The smallest absolute Gasteiger partial charge is 0.231 e. The summed E-state index contributed by atoms with van der Waals surface area (Å²) in [6, 6.07) is 7.17. The number of primary amides is 1. The fourth-order valence-corrected chi connectivity index (χ4v) is 2.10. The van der Waals surface area contributed by atoms with Crippen LogP contribution in [0.1, 0.15) is 42.6 Å². The predicted molar refractivity (Wildman–Crippen MR) is 80.6 cm³/mol. The lowest BCUT2D eigenvalue weighted by atomic mass is 10.0. The fraction of sp³-hybridized carbons (Fsp3) is 0.500. The summed E-state index contributed by atoms with van der Waals surface area (Å²) >= 11 is 0. The van der Waals surface area contributed by atoms with Gasteiger partial charge in [0.2, 0.25) is 5.91 Å². The SMILES string of the molecule is CCCCN(CC(N)=O)C(C)C(=O)c1ccc(C)cc1. The van der Waals surface area contributed by atoms with E-state index in [0.717, 1.165) is 18.4 Å². The summed E-state index contributed by atoms with van der Waals surface area (Å²) in [4.78, 5) is 25.5. The van der Waals surface area contributed by atoms with E-state index in [1.165, 1.54) is 0 Å². The van der Waals surface area contributed by atoms with Crippen molar-refractivity contribution in [2.45, 2.75) is 39.7 Å². The monoisotopic (exact) mass is 276 g/mol. The fourth-order valence-electron chi connectivity index (χ4n) is 2.10. The van der Waals surface area contributed by atoms with E-state index in [9.17, 15) is 9.59 Å². The van der Waals surface area contributed by atoms with E-state index in [4.69, 9.17) is 5.73 Å². The van der Waals surface area contributed by atoms with Gasteiger partial charge in [-0.2, -0.15) is 0 Å². The number of nitrogens with zero attached hydrogens (tertiary/aromatic N) is 1. The van der Waals surface area contributed by atoms with Crippen LogP contribution in [0, 0.1) is 6.92 Å². The van der Waals surface area contributed by atoms with Crippen molar-refractivity contribution in [2.75, 3.05) is 13.1 Å². The Labute approximate surface area is 121 Å². The standard InChI is InChI=1S/C16H24N2O2/c1-4-5-10-18(11-15(17)19)13(3)16(20)14-8-6-12(2)7-9-14/h6-9,13H,4-5,10-11H2,1-3H3,(H2,17,19). The highest BCUT2D eigenvalue weighted by Crippen LogP contribution is 2.11. The maximum absolute atomic E-state index is 12.4. The Morgan fingerprint density at radius 3 is 2.35 bits per heavy atom. The number of rotatable bonds is 8. The molecule has 0 bridgehead atoms. The van der Waals surface area contributed by atoms with Crippen molar-refractivity contribution < 1.29 is 9.59 Å². The Kier molecular flexibility index (Phi) is 6.39. The third-order valence-electron chi connectivity index (χ3n) is 3.42. The molecule has 0 aliphatic carbocycles. The first-order chi connectivity index (χ1) is 9.45. The zero-order valence-corrected chi connectivity index (χ0v) is 12.6. The van der Waals surface area contributed by atoms with Gasteiger partial charge in [-0.05, 0) is 26.8 Å². The molecule has 4 nitrogen and oxygen atoms in total. The van der Waals surface area contributed by atoms with Crippen LogP contribution in [0.5, 0.6) is 0 Å². The second kappa shape index (κ2) is 7.80. The molecular weight excluding hydrogens is 252 g/mol. The number of amides is 1. The Morgan fingerprint density at radius 2 is 1.85 bits per heavy atom. The van der Waals surface area contributed by atoms with Crippen molar-refractivity contribution in [3.8, 4) is 0 Å². The van der Waals surface area contributed by atoms with Crippen molar-refractivity contribution in [2.24, 2.45) is 5.73 Å². The number of ketones is 1. The minimum atomic E-state index is -0.398. The van der Waals surface area contributed by atoms with Crippen LogP contribution >= 0.6 is 0 Å². The van der Waals surface area contributed by atoms with Gasteiger partial charge in [-0.15, -0.1) is 0 Å². The molecular formula is C16H24N2O2. The highest BCUT2D eigenvalue weighted by atomic mass is 16.1. The molecule has 20 heavy (non-hydrogen) atoms. The van der Waals surface area contributed by atoms with Crippen LogP contribution in [-0.2, 0) is 4.79 Å². The highest BCUT2D eigenvalue weighted by molar-refractivity contribution is 6.00. The number of hydrogen-bond donors (Lipinski definition) is 1. The zero-order chi connectivity index (χ0) is 15.1. The van der Waals surface area contributed by atoms with Gasteiger partial charge in [-0.1, -0.05) is 43.2 Å². The zero-order valence-electron chi connectivity index (χ0n) is 12.6. The van der Waals surface area contributed by atoms with Crippen LogP contribution in [0.2, 0.25) is 0 Å². The molecule has 0 aromatic heterocycles. The molecule has 0 heterocycles. The largest absolute Gasteiger partial charge is 0.369 e. The van der Waals surface area contributed by atoms with Crippen molar-refractivity contribution in [3.05, 3.63) is 35.4 Å². The lowest BCUT2D eigenvalue weighted by molar-refractivity contribution is -0.119. The summed E-state index contributed by atoms with van der Waals surface area (Å²) in [6.45, 7) is 6.73. The van der Waals surface area contributed by atoms with Gasteiger partial charge in [0.05, 0.1) is 12.6 Å². The van der Waals surface area contributed by atoms with Crippen molar-refractivity contribution in [1.29, 1.82) is 0 Å². The van der Waals surface area contributed by atoms with Crippen molar-refractivity contribution in [3.63, 3.8) is 0 Å². The topological polar surface area (TPSA) is 63.4 Å². The van der Waals surface area contributed by atoms with E-state index in [0.29, 0.717) is 12.1 Å². The van der Waals surface area contributed by atoms with Gasteiger partial charge >= 0.3 is 0 Å². The Morgan fingerprint density at radius 1 is 1.25 bits per heavy atom. The predicted octanol–water partition coefficient (Wildman–Crippen LogP) is 2.15. The van der Waals surface area contributed by atoms with Crippen molar-refractivity contribution in [1.82, 2.24) is 4.90 Å². The van der Waals surface area contributed by atoms with Crippen molar-refractivity contribution >= 4 is 11.7 Å². The summed E-state index contributed by atoms with van der Waals surface area (Å²) in [6.07, 6.45) is 1.96. The summed E-state index contributed by atoms with van der Waals surface area (Å²) in [7, 11) is 0. The summed E-state index contributed by atoms with van der Waals surface area (Å²) < 4.78 is 0. The van der Waals surface area contributed by atoms with Crippen LogP contribution < -0.4 is 5.73 Å².